The fourth-order valence-corrected chi connectivity index (χ4v) is 5.56. The van der Waals surface area contributed by atoms with Crippen molar-refractivity contribution in [2.24, 2.45) is 0 Å². The van der Waals surface area contributed by atoms with Crippen LogP contribution in [0.4, 0.5) is 11.4 Å². The number of piperazine rings is 1. The van der Waals surface area contributed by atoms with Gasteiger partial charge in [-0.25, -0.2) is 13.4 Å². The predicted octanol–water partition coefficient (Wildman–Crippen LogP) is 3.90. The lowest BCUT2D eigenvalue weighted by molar-refractivity contribution is 0.102. The number of sulfonamides is 1. The molecule has 1 aliphatic heterocycles. The first kappa shape index (κ1) is 22.1. The Balaban J connectivity index is 1.30. The number of amides is 1. The lowest BCUT2D eigenvalue weighted by atomic mass is 10.2. The number of carbonyl (C=O) groups excluding carboxylic acids is 1. The largest absolute Gasteiger partial charge is 0.441 e. The average Bonchev–Trinajstić information content (AvgIpc) is 3.24. The smallest absolute Gasteiger partial charge is 0.255 e. The summed E-state index contributed by atoms with van der Waals surface area (Å²) >= 11 is 0. The highest BCUT2D eigenvalue weighted by Gasteiger charge is 2.29. The van der Waals surface area contributed by atoms with E-state index in [-0.39, 0.29) is 10.5 Å². The molecular weight excluding hydrogens is 452 g/mol. The van der Waals surface area contributed by atoms with Crippen molar-refractivity contribution >= 4 is 38.4 Å². The third-order valence-corrected chi connectivity index (χ3v) is 7.74. The number of rotatable bonds is 5. The number of para-hydroxylation sites is 1. The molecule has 9 heteroatoms. The minimum Gasteiger partial charge on any atom is -0.441 e. The van der Waals surface area contributed by atoms with Crippen LogP contribution in [0.3, 0.4) is 0 Å². The summed E-state index contributed by atoms with van der Waals surface area (Å²) in [5.41, 5.74) is 3.16. The molecule has 1 aromatic heterocycles. The number of fused-ring (bicyclic) bond motifs is 1. The summed E-state index contributed by atoms with van der Waals surface area (Å²) in [6.07, 6.45) is 0. The second kappa shape index (κ2) is 8.92. The molecule has 1 aliphatic rings. The molecule has 34 heavy (non-hydrogen) atoms. The summed E-state index contributed by atoms with van der Waals surface area (Å²) in [4.78, 5) is 19.4. The predicted molar refractivity (Wildman–Crippen MR) is 131 cm³/mol. The van der Waals surface area contributed by atoms with Crippen molar-refractivity contribution in [2.75, 3.05) is 36.4 Å². The van der Waals surface area contributed by atoms with Gasteiger partial charge < -0.3 is 14.6 Å². The van der Waals surface area contributed by atoms with E-state index in [2.05, 4.69) is 15.2 Å². The quantitative estimate of drug-likeness (QED) is 0.469. The number of nitrogens with one attached hydrogen (secondary N) is 1. The maximum absolute atomic E-state index is 13.3. The van der Waals surface area contributed by atoms with E-state index in [0.29, 0.717) is 48.9 Å². The standard InChI is InChI=1S/C25H24N4O4S/c1-18-26-23-11-10-20(17-24(23)33-18)27-25(30)19-6-5-9-22(16-19)34(31,32)29-14-12-28(13-15-29)21-7-3-2-4-8-21/h2-11,16-17H,12-15H2,1H3,(H,27,30). The number of nitrogens with zero attached hydrogens (tertiary/aromatic N) is 3. The first-order valence-electron chi connectivity index (χ1n) is 11.0. The van der Waals surface area contributed by atoms with Gasteiger partial charge in [0, 0.05) is 56.1 Å². The molecule has 2 heterocycles. The van der Waals surface area contributed by atoms with Gasteiger partial charge in [-0.1, -0.05) is 24.3 Å². The van der Waals surface area contributed by atoms with Crippen molar-refractivity contribution < 1.29 is 17.6 Å². The van der Waals surface area contributed by atoms with Gasteiger partial charge in [0.2, 0.25) is 10.0 Å². The van der Waals surface area contributed by atoms with E-state index in [1.807, 2.05) is 30.3 Å². The normalized spacial score (nSPS) is 14.9. The summed E-state index contributed by atoms with van der Waals surface area (Å²) in [6.45, 7) is 3.72. The van der Waals surface area contributed by atoms with Crippen LogP contribution in [0, 0.1) is 6.92 Å². The summed E-state index contributed by atoms with van der Waals surface area (Å²) in [7, 11) is -3.72. The van der Waals surface area contributed by atoms with Crippen molar-refractivity contribution in [2.45, 2.75) is 11.8 Å². The van der Waals surface area contributed by atoms with E-state index in [1.165, 1.54) is 16.4 Å². The molecule has 0 saturated carbocycles. The van der Waals surface area contributed by atoms with Gasteiger partial charge in [0.25, 0.3) is 5.91 Å². The van der Waals surface area contributed by atoms with E-state index < -0.39 is 15.9 Å². The molecule has 0 radical (unpaired) electrons. The lowest BCUT2D eigenvalue weighted by Gasteiger charge is -2.35. The molecule has 5 rings (SSSR count). The van der Waals surface area contributed by atoms with Gasteiger partial charge in [-0.2, -0.15) is 4.31 Å². The highest BCUT2D eigenvalue weighted by Crippen LogP contribution is 2.23. The Morgan fingerprint density at radius 2 is 1.71 bits per heavy atom. The maximum atomic E-state index is 13.3. The second-order valence-electron chi connectivity index (χ2n) is 8.12. The highest BCUT2D eigenvalue weighted by molar-refractivity contribution is 7.89. The molecule has 0 atom stereocenters. The van der Waals surface area contributed by atoms with Crippen LogP contribution < -0.4 is 10.2 Å². The van der Waals surface area contributed by atoms with Crippen molar-refractivity contribution in [1.29, 1.82) is 0 Å². The molecule has 0 spiro atoms. The summed E-state index contributed by atoms with van der Waals surface area (Å²) in [5.74, 6) is 0.141. The van der Waals surface area contributed by atoms with Crippen LogP contribution in [0.2, 0.25) is 0 Å². The van der Waals surface area contributed by atoms with Gasteiger partial charge in [-0.3, -0.25) is 4.79 Å². The Morgan fingerprint density at radius 3 is 2.47 bits per heavy atom. The fraction of sp³-hybridized carbons (Fsp3) is 0.200. The molecule has 0 bridgehead atoms. The number of hydrogen-bond acceptors (Lipinski definition) is 6. The summed E-state index contributed by atoms with van der Waals surface area (Å²) in [6, 6.07) is 21.3. The lowest BCUT2D eigenvalue weighted by Crippen LogP contribution is -2.48. The molecule has 3 aromatic carbocycles. The van der Waals surface area contributed by atoms with Crippen LogP contribution in [0.25, 0.3) is 11.1 Å². The average molecular weight is 477 g/mol. The molecule has 8 nitrogen and oxygen atoms in total. The topological polar surface area (TPSA) is 95.7 Å². The van der Waals surface area contributed by atoms with E-state index in [0.717, 1.165) is 5.69 Å². The van der Waals surface area contributed by atoms with Crippen LogP contribution in [0.5, 0.6) is 0 Å². The Bertz CT molecular complexity index is 1440. The second-order valence-corrected chi connectivity index (χ2v) is 10.1. The van der Waals surface area contributed by atoms with Crippen molar-refractivity contribution in [3.05, 3.63) is 84.3 Å². The van der Waals surface area contributed by atoms with Crippen molar-refractivity contribution in [3.63, 3.8) is 0 Å². The minimum atomic E-state index is -3.72. The van der Waals surface area contributed by atoms with Crippen LogP contribution >= 0.6 is 0 Å². The third-order valence-electron chi connectivity index (χ3n) is 5.85. The zero-order chi connectivity index (χ0) is 23.7. The Hall–Kier alpha value is -3.69. The van der Waals surface area contributed by atoms with Gasteiger partial charge in [0.15, 0.2) is 11.5 Å². The molecular formula is C25H24N4O4S. The molecule has 1 amide bonds. The zero-order valence-corrected chi connectivity index (χ0v) is 19.5. The Kier molecular flexibility index (Phi) is 5.80. The maximum Gasteiger partial charge on any atom is 0.255 e. The van der Waals surface area contributed by atoms with E-state index in [1.54, 1.807) is 37.3 Å². The van der Waals surface area contributed by atoms with E-state index in [9.17, 15) is 13.2 Å². The molecule has 1 fully saturated rings. The van der Waals surface area contributed by atoms with Crippen molar-refractivity contribution in [1.82, 2.24) is 9.29 Å². The number of oxazole rings is 1. The van der Waals surface area contributed by atoms with Crippen LogP contribution in [0.15, 0.2) is 82.1 Å². The first-order chi connectivity index (χ1) is 16.4. The summed E-state index contributed by atoms with van der Waals surface area (Å²) in [5, 5.41) is 2.80. The SMILES string of the molecule is Cc1nc2ccc(NC(=O)c3cccc(S(=O)(=O)N4CCN(c5ccccc5)CC4)c3)cc2o1. The Labute approximate surface area is 197 Å². The van der Waals surface area contributed by atoms with Crippen LogP contribution in [-0.4, -0.2) is 49.8 Å². The van der Waals surface area contributed by atoms with Crippen LogP contribution in [-0.2, 0) is 10.0 Å². The van der Waals surface area contributed by atoms with Gasteiger partial charge in [0.05, 0.1) is 4.90 Å². The van der Waals surface area contributed by atoms with Gasteiger partial charge in [-0.05, 0) is 42.5 Å². The van der Waals surface area contributed by atoms with E-state index in [4.69, 9.17) is 4.42 Å². The molecule has 174 valence electrons. The first-order valence-corrected chi connectivity index (χ1v) is 12.4. The number of aryl methyl sites for hydroxylation is 1. The summed E-state index contributed by atoms with van der Waals surface area (Å²) < 4.78 is 33.5. The van der Waals surface area contributed by atoms with Gasteiger partial charge >= 0.3 is 0 Å². The molecule has 1 saturated heterocycles. The monoisotopic (exact) mass is 476 g/mol. The number of hydrogen-bond donors (Lipinski definition) is 1. The third kappa shape index (κ3) is 4.40. The number of anilines is 2. The molecule has 0 aliphatic carbocycles. The van der Waals surface area contributed by atoms with E-state index >= 15 is 0 Å². The van der Waals surface area contributed by atoms with Crippen molar-refractivity contribution in [3.8, 4) is 0 Å². The fourth-order valence-electron chi connectivity index (χ4n) is 4.09. The minimum absolute atomic E-state index is 0.106. The highest BCUT2D eigenvalue weighted by atomic mass is 32.2. The Morgan fingerprint density at radius 1 is 0.941 bits per heavy atom. The van der Waals surface area contributed by atoms with Crippen LogP contribution in [0.1, 0.15) is 16.2 Å². The number of aromatic nitrogens is 1. The van der Waals surface area contributed by atoms with Gasteiger partial charge in [-0.15, -0.1) is 0 Å². The number of carbonyl (C=O) groups is 1. The molecule has 0 unspecified atom stereocenters. The molecule has 4 aromatic rings. The molecule has 1 N–H and O–H groups in total. The van der Waals surface area contributed by atoms with Gasteiger partial charge in [0.1, 0.15) is 5.52 Å². The number of benzene rings is 3. The zero-order valence-electron chi connectivity index (χ0n) is 18.6.